The van der Waals surface area contributed by atoms with E-state index >= 15 is 0 Å². The van der Waals surface area contributed by atoms with Gasteiger partial charge >= 0.3 is 0 Å². The first kappa shape index (κ1) is 16.7. The zero-order chi connectivity index (χ0) is 13.0. The summed E-state index contributed by atoms with van der Waals surface area (Å²) in [6.45, 7) is 3.61. The van der Waals surface area contributed by atoms with Gasteiger partial charge in [-0.05, 0) is 38.5 Å². The molecule has 2 rings (SSSR count). The third-order valence-electron chi connectivity index (χ3n) is 3.70. The number of carbonyl (C=O) groups is 1. The highest BCUT2D eigenvalue weighted by Crippen LogP contribution is 2.32. The van der Waals surface area contributed by atoms with Gasteiger partial charge in [-0.25, -0.2) is 0 Å². The lowest BCUT2D eigenvalue weighted by Crippen LogP contribution is -2.46. The molecule has 1 saturated heterocycles. The summed E-state index contributed by atoms with van der Waals surface area (Å²) in [7, 11) is 0. The lowest BCUT2D eigenvalue weighted by Gasteiger charge is -2.20. The summed E-state index contributed by atoms with van der Waals surface area (Å²) >= 11 is 0. The van der Waals surface area contributed by atoms with Gasteiger partial charge in [0.2, 0.25) is 5.91 Å². The van der Waals surface area contributed by atoms with Crippen molar-refractivity contribution >= 4 is 18.3 Å². The lowest BCUT2D eigenvalue weighted by atomic mass is 10.2. The Morgan fingerprint density at radius 3 is 2.74 bits per heavy atom. The average molecular weight is 293 g/mol. The minimum Gasteiger partial charge on any atom is -0.376 e. The summed E-state index contributed by atoms with van der Waals surface area (Å²) in [5.41, 5.74) is 5.66. The Hall–Kier alpha value is -0.360. The molecule has 19 heavy (non-hydrogen) atoms. The van der Waals surface area contributed by atoms with Gasteiger partial charge in [0.25, 0.3) is 0 Å². The molecule has 0 bridgehead atoms. The fourth-order valence-corrected chi connectivity index (χ4v) is 2.27. The molecule has 1 saturated carbocycles. The number of ether oxygens (including phenoxy) is 2. The molecule has 2 fully saturated rings. The molecule has 5 nitrogen and oxygen atoms in total. The third-order valence-corrected chi connectivity index (χ3v) is 3.70. The van der Waals surface area contributed by atoms with Gasteiger partial charge < -0.3 is 20.5 Å². The average Bonchev–Trinajstić information content (AvgIpc) is 3.09. The van der Waals surface area contributed by atoms with Crippen molar-refractivity contribution in [3.63, 3.8) is 0 Å². The van der Waals surface area contributed by atoms with Crippen molar-refractivity contribution in [3.05, 3.63) is 0 Å². The van der Waals surface area contributed by atoms with E-state index in [1.54, 1.807) is 6.92 Å². The van der Waals surface area contributed by atoms with E-state index in [9.17, 15) is 4.79 Å². The zero-order valence-corrected chi connectivity index (χ0v) is 12.3. The zero-order valence-electron chi connectivity index (χ0n) is 11.5. The SMILES string of the molecule is CC(OCC1CCCO1)C(=O)NC(CN)C1CC1.Cl. The molecule has 0 aromatic heterocycles. The summed E-state index contributed by atoms with van der Waals surface area (Å²) in [4.78, 5) is 11.9. The van der Waals surface area contributed by atoms with E-state index in [0.29, 0.717) is 19.1 Å². The van der Waals surface area contributed by atoms with Crippen molar-refractivity contribution in [1.82, 2.24) is 5.32 Å². The number of nitrogens with one attached hydrogen (secondary N) is 1. The highest BCUT2D eigenvalue weighted by atomic mass is 35.5. The smallest absolute Gasteiger partial charge is 0.249 e. The standard InChI is InChI=1S/C13H24N2O3.ClH/c1-9(18-8-11-3-2-6-17-11)13(16)15-12(7-14)10-4-5-10;/h9-12H,2-8,14H2,1H3,(H,15,16);1H. The first-order valence-electron chi connectivity index (χ1n) is 6.94. The Balaban J connectivity index is 0.00000180. The number of amides is 1. The second kappa shape index (κ2) is 8.04. The lowest BCUT2D eigenvalue weighted by molar-refractivity contribution is -0.134. The maximum Gasteiger partial charge on any atom is 0.249 e. The summed E-state index contributed by atoms with van der Waals surface area (Å²) < 4.78 is 11.0. The van der Waals surface area contributed by atoms with Gasteiger partial charge in [-0.15, -0.1) is 12.4 Å². The molecular weight excluding hydrogens is 268 g/mol. The van der Waals surface area contributed by atoms with E-state index in [2.05, 4.69) is 5.32 Å². The van der Waals surface area contributed by atoms with Gasteiger partial charge in [0.1, 0.15) is 6.10 Å². The second-order valence-electron chi connectivity index (χ2n) is 5.30. The number of hydrogen-bond donors (Lipinski definition) is 2. The van der Waals surface area contributed by atoms with Crippen LogP contribution in [0.5, 0.6) is 0 Å². The number of nitrogens with two attached hydrogens (primary N) is 1. The molecule has 3 unspecified atom stereocenters. The highest BCUT2D eigenvalue weighted by molar-refractivity contribution is 5.85. The Kier molecular flexibility index (Phi) is 7.07. The number of rotatable bonds is 7. The van der Waals surface area contributed by atoms with Gasteiger partial charge in [0, 0.05) is 19.2 Å². The minimum absolute atomic E-state index is 0. The van der Waals surface area contributed by atoms with Crippen molar-refractivity contribution < 1.29 is 14.3 Å². The van der Waals surface area contributed by atoms with Crippen LogP contribution in [0.25, 0.3) is 0 Å². The van der Waals surface area contributed by atoms with E-state index in [1.807, 2.05) is 0 Å². The number of halogens is 1. The Morgan fingerprint density at radius 2 is 2.21 bits per heavy atom. The Labute approximate surface area is 121 Å². The predicted molar refractivity (Wildman–Crippen MR) is 75.3 cm³/mol. The first-order chi connectivity index (χ1) is 8.70. The molecule has 1 amide bonds. The van der Waals surface area contributed by atoms with Crippen LogP contribution >= 0.6 is 12.4 Å². The normalized spacial score (nSPS) is 25.5. The molecule has 3 atom stereocenters. The molecule has 1 aliphatic heterocycles. The third kappa shape index (κ3) is 5.26. The molecule has 3 N–H and O–H groups in total. The van der Waals surface area contributed by atoms with Crippen LogP contribution in [0.3, 0.4) is 0 Å². The maximum atomic E-state index is 11.9. The summed E-state index contributed by atoms with van der Waals surface area (Å²) in [6.07, 6.45) is 4.20. The maximum absolute atomic E-state index is 11.9. The summed E-state index contributed by atoms with van der Waals surface area (Å²) in [6, 6.07) is 0.117. The van der Waals surface area contributed by atoms with E-state index in [1.165, 1.54) is 12.8 Å². The second-order valence-corrected chi connectivity index (χ2v) is 5.30. The van der Waals surface area contributed by atoms with Crippen LogP contribution in [-0.4, -0.2) is 43.9 Å². The number of hydrogen-bond acceptors (Lipinski definition) is 4. The fourth-order valence-electron chi connectivity index (χ4n) is 2.27. The molecule has 0 aromatic rings. The van der Waals surface area contributed by atoms with Crippen molar-refractivity contribution in [2.24, 2.45) is 11.7 Å². The van der Waals surface area contributed by atoms with Gasteiger partial charge in [-0.3, -0.25) is 4.79 Å². The quantitative estimate of drug-likeness (QED) is 0.729. The largest absolute Gasteiger partial charge is 0.376 e. The molecule has 1 aliphatic carbocycles. The van der Waals surface area contributed by atoms with Crippen LogP contribution in [0, 0.1) is 5.92 Å². The van der Waals surface area contributed by atoms with Crippen LogP contribution in [0.1, 0.15) is 32.6 Å². The van der Waals surface area contributed by atoms with E-state index in [0.717, 1.165) is 19.4 Å². The molecule has 6 heteroatoms. The summed E-state index contributed by atoms with van der Waals surface area (Å²) in [5, 5.41) is 2.97. The predicted octanol–water partition coefficient (Wildman–Crippen LogP) is 0.846. The van der Waals surface area contributed by atoms with Crippen LogP contribution in [-0.2, 0) is 14.3 Å². The number of carbonyl (C=O) groups excluding carboxylic acids is 1. The molecule has 0 aromatic carbocycles. The molecule has 112 valence electrons. The van der Waals surface area contributed by atoms with E-state index < -0.39 is 6.10 Å². The van der Waals surface area contributed by atoms with Crippen LogP contribution in [0.4, 0.5) is 0 Å². The monoisotopic (exact) mass is 292 g/mol. The Bertz CT molecular complexity index is 281. The van der Waals surface area contributed by atoms with Crippen molar-refractivity contribution in [2.75, 3.05) is 19.8 Å². The minimum atomic E-state index is -0.429. The Morgan fingerprint density at radius 1 is 1.47 bits per heavy atom. The van der Waals surface area contributed by atoms with Crippen LogP contribution in [0.2, 0.25) is 0 Å². The molecule has 0 radical (unpaired) electrons. The molecule has 1 heterocycles. The van der Waals surface area contributed by atoms with Gasteiger partial charge in [-0.2, -0.15) is 0 Å². The molecule has 2 aliphatic rings. The first-order valence-corrected chi connectivity index (χ1v) is 6.94. The molecule has 0 spiro atoms. The van der Waals surface area contributed by atoms with Crippen molar-refractivity contribution in [1.29, 1.82) is 0 Å². The fraction of sp³-hybridized carbons (Fsp3) is 0.923. The summed E-state index contributed by atoms with van der Waals surface area (Å²) in [5.74, 6) is 0.514. The van der Waals surface area contributed by atoms with Gasteiger partial charge in [-0.1, -0.05) is 0 Å². The highest BCUT2D eigenvalue weighted by Gasteiger charge is 2.32. The topological polar surface area (TPSA) is 73.6 Å². The van der Waals surface area contributed by atoms with Crippen LogP contribution < -0.4 is 11.1 Å². The molecular formula is C13H25ClN2O3. The van der Waals surface area contributed by atoms with Gasteiger partial charge in [0.05, 0.1) is 12.7 Å². The van der Waals surface area contributed by atoms with Gasteiger partial charge in [0.15, 0.2) is 0 Å². The van der Waals surface area contributed by atoms with E-state index in [4.69, 9.17) is 15.2 Å². The van der Waals surface area contributed by atoms with Crippen LogP contribution in [0.15, 0.2) is 0 Å². The van der Waals surface area contributed by atoms with E-state index in [-0.39, 0.29) is 30.5 Å². The van der Waals surface area contributed by atoms with Crippen molar-refractivity contribution in [3.8, 4) is 0 Å². The van der Waals surface area contributed by atoms with Crippen molar-refractivity contribution in [2.45, 2.75) is 50.9 Å².